The van der Waals surface area contributed by atoms with Gasteiger partial charge in [-0.1, -0.05) is 25.1 Å². The van der Waals surface area contributed by atoms with Crippen LogP contribution in [0.4, 0.5) is 0 Å². The number of imidazole rings is 1. The number of hydrogen-bond donors (Lipinski definition) is 2. The molecule has 9 heteroatoms. The summed E-state index contributed by atoms with van der Waals surface area (Å²) in [6.07, 6.45) is 1.57. The highest BCUT2D eigenvalue weighted by atomic mass is 32.2. The predicted octanol–water partition coefficient (Wildman–Crippen LogP) is 2.91. The molecule has 1 atom stereocenters. The molecule has 1 aromatic heterocycles. The highest BCUT2D eigenvalue weighted by Crippen LogP contribution is 2.25. The number of benzene rings is 2. The van der Waals surface area contributed by atoms with Crippen LogP contribution in [0, 0.1) is 0 Å². The van der Waals surface area contributed by atoms with E-state index in [0.717, 1.165) is 35.6 Å². The largest absolute Gasteiger partial charge is 0.496 e. The number of nitrogens with one attached hydrogen (secondary N) is 1. The molecule has 0 saturated heterocycles. The van der Waals surface area contributed by atoms with Crippen molar-refractivity contribution in [1.29, 1.82) is 0 Å². The van der Waals surface area contributed by atoms with Gasteiger partial charge in [0.1, 0.15) is 11.6 Å². The number of aromatic nitrogens is 2. The maximum Gasteiger partial charge on any atom is 0.238 e. The van der Waals surface area contributed by atoms with E-state index in [1.54, 1.807) is 13.2 Å². The minimum Gasteiger partial charge on any atom is -0.496 e. The van der Waals surface area contributed by atoms with E-state index in [4.69, 9.17) is 9.88 Å². The molecule has 3 N–H and O–H groups in total. The van der Waals surface area contributed by atoms with Crippen molar-refractivity contribution in [3.8, 4) is 5.75 Å². The first-order chi connectivity index (χ1) is 14.7. The number of methoxy groups -OCH3 is 1. The third-order valence-corrected chi connectivity index (χ3v) is 6.04. The molecule has 1 unspecified atom stereocenters. The van der Waals surface area contributed by atoms with Gasteiger partial charge in [0.2, 0.25) is 15.9 Å². The van der Waals surface area contributed by atoms with Crippen molar-refractivity contribution >= 4 is 27.0 Å². The molecule has 3 rings (SSSR count). The Kier molecular flexibility index (Phi) is 6.97. The van der Waals surface area contributed by atoms with Gasteiger partial charge >= 0.3 is 0 Å². The van der Waals surface area contributed by atoms with E-state index in [9.17, 15) is 13.2 Å². The minimum absolute atomic E-state index is 0.0241. The van der Waals surface area contributed by atoms with E-state index in [-0.39, 0.29) is 23.3 Å². The van der Waals surface area contributed by atoms with Crippen molar-refractivity contribution in [2.45, 2.75) is 50.6 Å². The number of primary sulfonamides is 1. The Balaban J connectivity index is 1.76. The summed E-state index contributed by atoms with van der Waals surface area (Å²) in [4.78, 5) is 17.2. The summed E-state index contributed by atoms with van der Waals surface area (Å²) >= 11 is 0. The second-order valence-electron chi connectivity index (χ2n) is 7.41. The average molecular weight is 445 g/mol. The molecule has 166 valence electrons. The molecule has 31 heavy (non-hydrogen) atoms. The Morgan fingerprint density at radius 3 is 2.68 bits per heavy atom. The number of amides is 1. The fourth-order valence-electron chi connectivity index (χ4n) is 3.64. The number of nitrogens with zero attached hydrogens (tertiary/aromatic N) is 2. The van der Waals surface area contributed by atoms with Crippen molar-refractivity contribution in [2.75, 3.05) is 7.11 Å². The molecule has 0 saturated carbocycles. The van der Waals surface area contributed by atoms with Crippen LogP contribution in [-0.4, -0.2) is 31.0 Å². The van der Waals surface area contributed by atoms with Crippen LogP contribution >= 0.6 is 0 Å². The second kappa shape index (κ2) is 9.49. The van der Waals surface area contributed by atoms with Gasteiger partial charge in [-0.2, -0.15) is 0 Å². The first-order valence-electron chi connectivity index (χ1n) is 10.2. The number of nitrogens with two attached hydrogens (primary N) is 1. The summed E-state index contributed by atoms with van der Waals surface area (Å²) in [6.45, 7) is 4.69. The van der Waals surface area contributed by atoms with Gasteiger partial charge in [-0.3, -0.25) is 4.79 Å². The number of para-hydroxylation sites is 1. The van der Waals surface area contributed by atoms with Crippen LogP contribution in [0.5, 0.6) is 5.75 Å². The number of aryl methyl sites for hydroxylation is 2. The van der Waals surface area contributed by atoms with Crippen LogP contribution in [0.1, 0.15) is 44.1 Å². The van der Waals surface area contributed by atoms with Crippen molar-refractivity contribution in [3.63, 3.8) is 0 Å². The number of hydrogen-bond acceptors (Lipinski definition) is 5. The highest BCUT2D eigenvalue weighted by Gasteiger charge is 2.17. The standard InChI is InChI=1S/C22H28N4O4S/c1-4-13-26-19-10-9-16(31(23,28)29)14-18(19)25-21(26)11-12-22(27)24-15(2)17-7-5-6-8-20(17)30-3/h5-10,14-15H,4,11-13H2,1-3H3,(H,24,27)(H2,23,28,29). The van der Waals surface area contributed by atoms with Gasteiger partial charge in [0.15, 0.2) is 0 Å². The van der Waals surface area contributed by atoms with Crippen LogP contribution in [0.15, 0.2) is 47.4 Å². The number of carbonyl (C=O) groups is 1. The lowest BCUT2D eigenvalue weighted by Crippen LogP contribution is -2.27. The predicted molar refractivity (Wildman–Crippen MR) is 119 cm³/mol. The van der Waals surface area contributed by atoms with Gasteiger partial charge in [0.05, 0.1) is 29.1 Å². The van der Waals surface area contributed by atoms with Crippen molar-refractivity contribution in [1.82, 2.24) is 14.9 Å². The van der Waals surface area contributed by atoms with E-state index in [0.29, 0.717) is 11.9 Å². The van der Waals surface area contributed by atoms with Crippen LogP contribution < -0.4 is 15.2 Å². The van der Waals surface area contributed by atoms with Gasteiger partial charge in [-0.25, -0.2) is 18.5 Å². The van der Waals surface area contributed by atoms with Gasteiger partial charge in [0.25, 0.3) is 0 Å². The van der Waals surface area contributed by atoms with E-state index in [1.807, 2.05) is 35.8 Å². The Hall–Kier alpha value is -2.91. The first kappa shape index (κ1) is 22.8. The normalized spacial score (nSPS) is 12.6. The van der Waals surface area contributed by atoms with Gasteiger partial charge in [0, 0.05) is 24.9 Å². The zero-order valence-corrected chi connectivity index (χ0v) is 18.8. The van der Waals surface area contributed by atoms with Gasteiger partial charge < -0.3 is 14.6 Å². The molecule has 0 aliphatic heterocycles. The van der Waals surface area contributed by atoms with E-state index in [2.05, 4.69) is 17.2 Å². The summed E-state index contributed by atoms with van der Waals surface area (Å²) in [5.74, 6) is 1.37. The maximum atomic E-state index is 12.6. The summed E-state index contributed by atoms with van der Waals surface area (Å²) in [5.41, 5.74) is 2.29. The SMILES string of the molecule is CCCn1c(CCC(=O)NC(C)c2ccccc2OC)nc2cc(S(N)(=O)=O)ccc21. The molecule has 3 aromatic rings. The Bertz CT molecular complexity index is 1190. The van der Waals surface area contributed by atoms with Crippen LogP contribution in [-0.2, 0) is 27.8 Å². The number of sulfonamides is 1. The fraction of sp³-hybridized carbons (Fsp3) is 0.364. The van der Waals surface area contributed by atoms with Crippen LogP contribution in [0.3, 0.4) is 0 Å². The van der Waals surface area contributed by atoms with E-state index >= 15 is 0 Å². The number of ether oxygens (including phenoxy) is 1. The summed E-state index contributed by atoms with van der Waals surface area (Å²) in [7, 11) is -2.20. The van der Waals surface area contributed by atoms with Crippen LogP contribution in [0.2, 0.25) is 0 Å². The molecular formula is C22H28N4O4S. The molecule has 0 aliphatic carbocycles. The lowest BCUT2D eigenvalue weighted by Gasteiger charge is -2.17. The molecule has 0 bridgehead atoms. The topological polar surface area (TPSA) is 116 Å². The molecule has 1 amide bonds. The molecule has 0 aliphatic rings. The second-order valence-corrected chi connectivity index (χ2v) is 8.97. The van der Waals surface area contributed by atoms with Gasteiger partial charge in [-0.05, 0) is 37.6 Å². The van der Waals surface area contributed by atoms with Crippen molar-refractivity contribution in [3.05, 3.63) is 53.9 Å². The molecule has 8 nitrogen and oxygen atoms in total. The quantitative estimate of drug-likeness (QED) is 0.526. The Labute approximate surface area is 182 Å². The molecule has 2 aromatic carbocycles. The first-order valence-corrected chi connectivity index (χ1v) is 11.7. The van der Waals surface area contributed by atoms with Gasteiger partial charge in [-0.15, -0.1) is 0 Å². The summed E-state index contributed by atoms with van der Waals surface area (Å²) in [5, 5.41) is 8.24. The lowest BCUT2D eigenvalue weighted by molar-refractivity contribution is -0.121. The number of rotatable bonds is 9. The Morgan fingerprint density at radius 1 is 1.26 bits per heavy atom. The molecule has 0 fully saturated rings. The summed E-state index contributed by atoms with van der Waals surface area (Å²) < 4.78 is 30.7. The molecule has 1 heterocycles. The number of fused-ring (bicyclic) bond motifs is 1. The van der Waals surface area contributed by atoms with Crippen molar-refractivity contribution < 1.29 is 17.9 Å². The molecular weight excluding hydrogens is 416 g/mol. The monoisotopic (exact) mass is 444 g/mol. The third-order valence-electron chi connectivity index (χ3n) is 5.13. The van der Waals surface area contributed by atoms with E-state index in [1.165, 1.54) is 12.1 Å². The maximum absolute atomic E-state index is 12.6. The zero-order valence-electron chi connectivity index (χ0n) is 18.0. The smallest absolute Gasteiger partial charge is 0.238 e. The van der Waals surface area contributed by atoms with Crippen LogP contribution in [0.25, 0.3) is 11.0 Å². The zero-order chi connectivity index (χ0) is 22.6. The Morgan fingerprint density at radius 2 is 2.00 bits per heavy atom. The third kappa shape index (κ3) is 5.23. The van der Waals surface area contributed by atoms with Crippen molar-refractivity contribution in [2.24, 2.45) is 5.14 Å². The average Bonchev–Trinajstić information content (AvgIpc) is 3.08. The highest BCUT2D eigenvalue weighted by molar-refractivity contribution is 7.89. The molecule has 0 radical (unpaired) electrons. The molecule has 0 spiro atoms. The summed E-state index contributed by atoms with van der Waals surface area (Å²) in [6, 6.07) is 12.1. The minimum atomic E-state index is -3.81. The van der Waals surface area contributed by atoms with E-state index < -0.39 is 10.0 Å². The lowest BCUT2D eigenvalue weighted by atomic mass is 10.1. The fourth-order valence-corrected chi connectivity index (χ4v) is 4.17. The number of carbonyl (C=O) groups excluding carboxylic acids is 1.